The van der Waals surface area contributed by atoms with Gasteiger partial charge in [-0.05, 0) is 23.8 Å². The standard InChI is InChI=1S/C16H12ClNO4S/c1-3-7-22-16(20)18-14-12(15(19)21-2)9-13(23-14)10-5-4-6-11(17)8-10/h4-9H,1H2,2H3,(H,18,20). The summed E-state index contributed by atoms with van der Waals surface area (Å²) in [4.78, 5) is 24.3. The molecule has 1 aromatic heterocycles. The minimum Gasteiger partial charge on any atom is -0.465 e. The fourth-order valence-electron chi connectivity index (χ4n) is 1.75. The van der Waals surface area contributed by atoms with E-state index in [1.54, 1.807) is 24.3 Å². The lowest BCUT2D eigenvalue weighted by Crippen LogP contribution is -2.12. The van der Waals surface area contributed by atoms with Gasteiger partial charge in [0.25, 0.3) is 0 Å². The molecule has 2 rings (SSSR count). The summed E-state index contributed by atoms with van der Waals surface area (Å²) in [6.07, 6.45) is 0.254. The molecule has 2 aromatic rings. The Labute approximate surface area is 141 Å². The predicted molar refractivity (Wildman–Crippen MR) is 89.9 cm³/mol. The Kier molecular flexibility index (Phi) is 5.60. The Hall–Kier alpha value is -2.53. The Bertz CT molecular complexity index is 793. The zero-order valence-electron chi connectivity index (χ0n) is 12.1. The average molecular weight is 350 g/mol. The molecule has 0 unspecified atom stereocenters. The van der Waals surface area contributed by atoms with E-state index in [2.05, 4.69) is 22.4 Å². The van der Waals surface area contributed by atoms with Gasteiger partial charge in [0.2, 0.25) is 0 Å². The topological polar surface area (TPSA) is 64.6 Å². The van der Waals surface area contributed by atoms with Crippen molar-refractivity contribution < 1.29 is 19.1 Å². The Balaban J connectivity index is 2.38. The van der Waals surface area contributed by atoms with Crippen LogP contribution in [0.15, 0.2) is 48.9 Å². The molecular weight excluding hydrogens is 338 g/mol. The van der Waals surface area contributed by atoms with Crippen LogP contribution >= 0.6 is 22.9 Å². The van der Waals surface area contributed by atoms with Crippen LogP contribution in [-0.2, 0) is 9.47 Å². The van der Waals surface area contributed by atoms with E-state index in [-0.39, 0.29) is 5.56 Å². The van der Waals surface area contributed by atoms with Gasteiger partial charge in [-0.1, -0.05) is 36.0 Å². The summed E-state index contributed by atoms with van der Waals surface area (Å²) in [7, 11) is 1.27. The number of hydrogen-bond acceptors (Lipinski definition) is 5. The number of ether oxygens (including phenoxy) is 2. The Morgan fingerprint density at radius 2 is 2.17 bits per heavy atom. The number of rotatable bonds is 4. The zero-order valence-corrected chi connectivity index (χ0v) is 13.7. The summed E-state index contributed by atoms with van der Waals surface area (Å²) in [6.45, 7) is 3.28. The second-order valence-corrected chi connectivity index (χ2v) is 5.70. The molecule has 0 atom stereocenters. The van der Waals surface area contributed by atoms with Gasteiger partial charge >= 0.3 is 12.1 Å². The summed E-state index contributed by atoms with van der Waals surface area (Å²) in [6, 6.07) is 8.78. The van der Waals surface area contributed by atoms with Crippen molar-refractivity contribution in [2.75, 3.05) is 12.4 Å². The number of hydrogen-bond donors (Lipinski definition) is 1. The molecule has 118 valence electrons. The molecule has 5 nitrogen and oxygen atoms in total. The Morgan fingerprint density at radius 1 is 1.39 bits per heavy atom. The summed E-state index contributed by atoms with van der Waals surface area (Å²) in [5.74, 6) is -0.566. The molecule has 0 aliphatic carbocycles. The molecule has 23 heavy (non-hydrogen) atoms. The smallest absolute Gasteiger partial charge is 0.417 e. The van der Waals surface area contributed by atoms with E-state index in [1.807, 2.05) is 6.07 Å². The number of carbonyl (C=O) groups is 2. The molecular formula is C16H12ClNO4S. The molecule has 1 N–H and O–H groups in total. The predicted octanol–water partition coefficient (Wildman–Crippen LogP) is 4.70. The van der Waals surface area contributed by atoms with Gasteiger partial charge in [-0.25, -0.2) is 9.59 Å². The monoisotopic (exact) mass is 349 g/mol. The number of carbonyl (C=O) groups excluding carboxylic acids is 2. The van der Waals surface area contributed by atoms with E-state index in [1.165, 1.54) is 18.4 Å². The highest BCUT2D eigenvalue weighted by Crippen LogP contribution is 2.36. The van der Waals surface area contributed by atoms with Crippen molar-refractivity contribution in [1.82, 2.24) is 0 Å². The SMILES string of the molecule is C=C=COC(=O)Nc1sc(-c2cccc(Cl)c2)cc1C(=O)OC. The largest absolute Gasteiger partial charge is 0.465 e. The fourth-order valence-corrected chi connectivity index (χ4v) is 2.97. The number of methoxy groups -OCH3 is 1. The van der Waals surface area contributed by atoms with E-state index in [9.17, 15) is 9.59 Å². The van der Waals surface area contributed by atoms with Crippen LogP contribution in [0.3, 0.4) is 0 Å². The number of esters is 1. The second kappa shape index (κ2) is 7.65. The van der Waals surface area contributed by atoms with Crippen LogP contribution in [0.4, 0.5) is 9.80 Å². The average Bonchev–Trinajstić information content (AvgIpc) is 2.96. The lowest BCUT2D eigenvalue weighted by molar-refractivity contribution is 0.0602. The minimum atomic E-state index is -0.759. The molecule has 0 saturated carbocycles. The number of amides is 1. The summed E-state index contributed by atoms with van der Waals surface area (Å²) in [5, 5.41) is 3.37. The molecule has 1 heterocycles. The first-order valence-corrected chi connectivity index (χ1v) is 7.54. The van der Waals surface area contributed by atoms with Gasteiger partial charge in [0, 0.05) is 9.90 Å². The van der Waals surface area contributed by atoms with Crippen molar-refractivity contribution in [3.05, 3.63) is 59.5 Å². The summed E-state index contributed by atoms with van der Waals surface area (Å²) in [5.41, 5.74) is 3.36. The maximum atomic E-state index is 11.9. The Morgan fingerprint density at radius 3 is 2.83 bits per heavy atom. The van der Waals surface area contributed by atoms with Crippen molar-refractivity contribution in [2.45, 2.75) is 0 Å². The molecule has 0 aliphatic heterocycles. The van der Waals surface area contributed by atoms with Gasteiger partial charge in [-0.15, -0.1) is 11.3 Å². The molecule has 0 aliphatic rings. The van der Waals surface area contributed by atoms with Gasteiger partial charge in [0.15, 0.2) is 0 Å². The maximum Gasteiger partial charge on any atom is 0.417 e. The molecule has 0 fully saturated rings. The van der Waals surface area contributed by atoms with Crippen LogP contribution in [0, 0.1) is 0 Å². The highest BCUT2D eigenvalue weighted by Gasteiger charge is 2.19. The molecule has 0 spiro atoms. The third-order valence-corrected chi connectivity index (χ3v) is 4.05. The van der Waals surface area contributed by atoms with E-state index in [0.29, 0.717) is 10.0 Å². The number of halogens is 1. The van der Waals surface area contributed by atoms with Gasteiger partial charge in [0.1, 0.15) is 11.3 Å². The third kappa shape index (κ3) is 4.23. The molecule has 7 heteroatoms. The van der Waals surface area contributed by atoms with Gasteiger partial charge in [-0.2, -0.15) is 0 Å². The number of anilines is 1. The van der Waals surface area contributed by atoms with Crippen LogP contribution in [-0.4, -0.2) is 19.2 Å². The molecule has 0 bridgehead atoms. The number of benzene rings is 1. The number of thiophene rings is 1. The molecule has 0 saturated heterocycles. The van der Waals surface area contributed by atoms with Crippen molar-refractivity contribution in [3.63, 3.8) is 0 Å². The van der Waals surface area contributed by atoms with E-state index < -0.39 is 12.1 Å². The van der Waals surface area contributed by atoms with Crippen molar-refractivity contribution in [2.24, 2.45) is 0 Å². The summed E-state index contributed by atoms with van der Waals surface area (Å²) >= 11 is 7.18. The second-order valence-electron chi connectivity index (χ2n) is 4.21. The van der Waals surface area contributed by atoms with Gasteiger partial charge in [0.05, 0.1) is 12.7 Å². The zero-order chi connectivity index (χ0) is 16.8. The van der Waals surface area contributed by atoms with Crippen molar-refractivity contribution in [3.8, 4) is 10.4 Å². The molecule has 0 radical (unpaired) electrons. The number of nitrogens with one attached hydrogen (secondary N) is 1. The minimum absolute atomic E-state index is 0.229. The highest BCUT2D eigenvalue weighted by molar-refractivity contribution is 7.20. The fraction of sp³-hybridized carbons (Fsp3) is 0.0625. The van der Waals surface area contributed by atoms with E-state index in [0.717, 1.165) is 16.7 Å². The first kappa shape index (κ1) is 16.8. The van der Waals surface area contributed by atoms with Gasteiger partial charge in [-0.3, -0.25) is 5.32 Å². The van der Waals surface area contributed by atoms with Crippen LogP contribution in [0.5, 0.6) is 0 Å². The first-order valence-electron chi connectivity index (χ1n) is 6.35. The first-order chi connectivity index (χ1) is 11.0. The highest BCUT2D eigenvalue weighted by atomic mass is 35.5. The van der Waals surface area contributed by atoms with E-state index in [4.69, 9.17) is 16.3 Å². The lowest BCUT2D eigenvalue weighted by atomic mass is 10.1. The van der Waals surface area contributed by atoms with Crippen LogP contribution in [0.25, 0.3) is 10.4 Å². The molecule has 1 aromatic carbocycles. The van der Waals surface area contributed by atoms with Crippen LogP contribution in [0.1, 0.15) is 10.4 Å². The van der Waals surface area contributed by atoms with Crippen LogP contribution in [0.2, 0.25) is 5.02 Å². The van der Waals surface area contributed by atoms with E-state index >= 15 is 0 Å². The maximum absolute atomic E-state index is 11.9. The van der Waals surface area contributed by atoms with Crippen molar-refractivity contribution >= 4 is 40.0 Å². The molecule has 1 amide bonds. The quantitative estimate of drug-likeness (QED) is 0.493. The van der Waals surface area contributed by atoms with Crippen molar-refractivity contribution in [1.29, 1.82) is 0 Å². The van der Waals surface area contributed by atoms with Gasteiger partial charge < -0.3 is 9.47 Å². The summed E-state index contributed by atoms with van der Waals surface area (Å²) < 4.78 is 9.41. The normalized spacial score (nSPS) is 9.65. The lowest BCUT2D eigenvalue weighted by Gasteiger charge is -2.03. The van der Waals surface area contributed by atoms with Crippen LogP contribution < -0.4 is 5.32 Å². The third-order valence-electron chi connectivity index (χ3n) is 2.71.